The third-order valence-corrected chi connectivity index (χ3v) is 3.57. The molecular formula is C14H20ClNO4. The Morgan fingerprint density at radius 1 is 1.15 bits per heavy atom. The first-order chi connectivity index (χ1) is 9.33. The summed E-state index contributed by atoms with van der Waals surface area (Å²) in [4.78, 5) is 10.9. The summed E-state index contributed by atoms with van der Waals surface area (Å²) in [5.41, 5.74) is 0.582. The number of rotatable bonds is 6. The number of methoxy groups -OCH3 is 2. The molecule has 2 unspecified atom stereocenters. The topological polar surface area (TPSA) is 61.6 Å². The average Bonchev–Trinajstić information content (AvgIpc) is 2.36. The molecule has 0 N–H and O–H groups in total. The van der Waals surface area contributed by atoms with Crippen LogP contribution in [0.4, 0.5) is 5.69 Å². The molecule has 0 amide bonds. The van der Waals surface area contributed by atoms with Gasteiger partial charge in [0, 0.05) is 16.9 Å². The predicted octanol–water partition coefficient (Wildman–Crippen LogP) is 3.98. The van der Waals surface area contributed by atoms with Gasteiger partial charge in [0.25, 0.3) is 5.69 Å². The van der Waals surface area contributed by atoms with E-state index in [1.807, 2.05) is 20.8 Å². The van der Waals surface area contributed by atoms with Crippen LogP contribution in [0.15, 0.2) is 12.1 Å². The lowest BCUT2D eigenvalue weighted by molar-refractivity contribution is -0.385. The Bertz CT molecular complexity index is 480. The molecule has 0 aromatic heterocycles. The van der Waals surface area contributed by atoms with Gasteiger partial charge in [0.15, 0.2) is 11.5 Å². The second kappa shape index (κ2) is 6.79. The number of halogens is 1. The van der Waals surface area contributed by atoms with Gasteiger partial charge in [-0.25, -0.2) is 0 Å². The van der Waals surface area contributed by atoms with Gasteiger partial charge in [-0.15, -0.1) is 11.6 Å². The number of nitro groups is 1. The van der Waals surface area contributed by atoms with Crippen molar-refractivity contribution in [2.24, 2.45) is 5.92 Å². The van der Waals surface area contributed by atoms with Crippen LogP contribution in [-0.2, 0) is 0 Å². The molecule has 0 radical (unpaired) electrons. The standard InChI is InChI=1S/C14H20ClNO4/c1-8(2)14(9(3)15)10-6-12(19-4)13(20-5)7-11(10)16(17)18/h6-9,14H,1-5H3. The summed E-state index contributed by atoms with van der Waals surface area (Å²) >= 11 is 6.22. The molecule has 1 aromatic rings. The summed E-state index contributed by atoms with van der Waals surface area (Å²) in [6.07, 6.45) is 0. The van der Waals surface area contributed by atoms with Crippen molar-refractivity contribution in [1.82, 2.24) is 0 Å². The number of benzene rings is 1. The normalized spacial score (nSPS) is 13.9. The summed E-state index contributed by atoms with van der Waals surface area (Å²) in [7, 11) is 2.95. The summed E-state index contributed by atoms with van der Waals surface area (Å²) in [5.74, 6) is 0.833. The Balaban J connectivity index is 3.53. The van der Waals surface area contributed by atoms with Crippen molar-refractivity contribution in [3.8, 4) is 11.5 Å². The minimum absolute atomic E-state index is 0.00819. The molecule has 0 bridgehead atoms. The van der Waals surface area contributed by atoms with E-state index in [9.17, 15) is 10.1 Å². The smallest absolute Gasteiger partial charge is 0.276 e. The van der Waals surface area contributed by atoms with Gasteiger partial charge in [-0.05, 0) is 18.9 Å². The molecule has 2 atom stereocenters. The molecular weight excluding hydrogens is 282 g/mol. The van der Waals surface area contributed by atoms with Gasteiger partial charge < -0.3 is 9.47 Å². The van der Waals surface area contributed by atoms with Crippen molar-refractivity contribution in [1.29, 1.82) is 0 Å². The quantitative estimate of drug-likeness (QED) is 0.453. The first-order valence-electron chi connectivity index (χ1n) is 6.37. The Morgan fingerprint density at radius 2 is 1.65 bits per heavy atom. The Morgan fingerprint density at radius 3 is 2.00 bits per heavy atom. The van der Waals surface area contributed by atoms with E-state index in [4.69, 9.17) is 21.1 Å². The molecule has 1 aromatic carbocycles. The van der Waals surface area contributed by atoms with Crippen molar-refractivity contribution >= 4 is 17.3 Å². The molecule has 112 valence electrons. The number of alkyl halides is 1. The number of ether oxygens (including phenoxy) is 2. The van der Waals surface area contributed by atoms with E-state index in [0.29, 0.717) is 17.1 Å². The fraction of sp³-hybridized carbons (Fsp3) is 0.571. The Labute approximate surface area is 124 Å². The SMILES string of the molecule is COc1cc(C(C(C)C)C(C)Cl)c([N+](=O)[O-])cc1OC. The predicted molar refractivity (Wildman–Crippen MR) is 79.1 cm³/mol. The van der Waals surface area contributed by atoms with Crippen molar-refractivity contribution in [2.75, 3.05) is 14.2 Å². The molecule has 6 heteroatoms. The van der Waals surface area contributed by atoms with Gasteiger partial charge in [-0.2, -0.15) is 0 Å². The van der Waals surface area contributed by atoms with E-state index in [2.05, 4.69) is 0 Å². The van der Waals surface area contributed by atoms with E-state index in [1.165, 1.54) is 20.3 Å². The number of hydrogen-bond acceptors (Lipinski definition) is 4. The van der Waals surface area contributed by atoms with Crippen molar-refractivity contribution < 1.29 is 14.4 Å². The number of nitrogens with zero attached hydrogens (tertiary/aromatic N) is 1. The molecule has 0 saturated heterocycles. The highest BCUT2D eigenvalue weighted by Crippen LogP contribution is 2.42. The molecule has 0 aliphatic rings. The first kappa shape index (κ1) is 16.6. The van der Waals surface area contributed by atoms with Crippen LogP contribution in [0.5, 0.6) is 11.5 Å². The molecule has 0 heterocycles. The maximum absolute atomic E-state index is 11.3. The van der Waals surface area contributed by atoms with E-state index in [1.54, 1.807) is 6.07 Å². The lowest BCUT2D eigenvalue weighted by atomic mass is 9.85. The largest absolute Gasteiger partial charge is 0.493 e. The van der Waals surface area contributed by atoms with Crippen LogP contribution >= 0.6 is 11.6 Å². The molecule has 0 saturated carbocycles. The minimum atomic E-state index is -0.411. The Hall–Kier alpha value is -1.49. The summed E-state index contributed by atoms with van der Waals surface area (Å²) < 4.78 is 10.4. The highest BCUT2D eigenvalue weighted by atomic mass is 35.5. The summed E-state index contributed by atoms with van der Waals surface area (Å²) in [6, 6.07) is 3.04. The van der Waals surface area contributed by atoms with Gasteiger partial charge in [-0.1, -0.05) is 13.8 Å². The minimum Gasteiger partial charge on any atom is -0.493 e. The lowest BCUT2D eigenvalue weighted by Gasteiger charge is -2.24. The van der Waals surface area contributed by atoms with Gasteiger partial charge in [0.05, 0.1) is 25.2 Å². The van der Waals surface area contributed by atoms with Crippen LogP contribution in [0.1, 0.15) is 32.3 Å². The van der Waals surface area contributed by atoms with E-state index in [-0.39, 0.29) is 22.9 Å². The van der Waals surface area contributed by atoms with Crippen molar-refractivity contribution in [2.45, 2.75) is 32.1 Å². The van der Waals surface area contributed by atoms with Gasteiger partial charge in [0.2, 0.25) is 0 Å². The zero-order valence-electron chi connectivity index (χ0n) is 12.3. The van der Waals surface area contributed by atoms with E-state index >= 15 is 0 Å². The van der Waals surface area contributed by atoms with Gasteiger partial charge in [0.1, 0.15) is 0 Å². The zero-order valence-corrected chi connectivity index (χ0v) is 13.1. The lowest BCUT2D eigenvalue weighted by Crippen LogP contribution is -2.17. The molecule has 0 spiro atoms. The number of hydrogen-bond donors (Lipinski definition) is 0. The molecule has 0 aliphatic heterocycles. The van der Waals surface area contributed by atoms with Crippen LogP contribution in [0, 0.1) is 16.0 Å². The second-order valence-electron chi connectivity index (χ2n) is 4.97. The summed E-state index contributed by atoms with van der Waals surface area (Å²) in [6.45, 7) is 5.82. The molecule has 0 aliphatic carbocycles. The summed E-state index contributed by atoms with van der Waals surface area (Å²) in [5, 5.41) is 11.1. The zero-order chi connectivity index (χ0) is 15.4. The van der Waals surface area contributed by atoms with Crippen LogP contribution in [0.2, 0.25) is 0 Å². The van der Waals surface area contributed by atoms with Crippen molar-refractivity contribution in [3.63, 3.8) is 0 Å². The van der Waals surface area contributed by atoms with Crippen LogP contribution < -0.4 is 9.47 Å². The van der Waals surface area contributed by atoms with E-state index < -0.39 is 4.92 Å². The van der Waals surface area contributed by atoms with Gasteiger partial charge in [-0.3, -0.25) is 10.1 Å². The first-order valence-corrected chi connectivity index (χ1v) is 6.81. The van der Waals surface area contributed by atoms with Crippen molar-refractivity contribution in [3.05, 3.63) is 27.8 Å². The number of nitro benzene ring substituents is 1. The Kier molecular flexibility index (Phi) is 5.62. The fourth-order valence-electron chi connectivity index (χ4n) is 2.45. The highest BCUT2D eigenvalue weighted by molar-refractivity contribution is 6.21. The second-order valence-corrected chi connectivity index (χ2v) is 5.66. The van der Waals surface area contributed by atoms with E-state index in [0.717, 1.165) is 0 Å². The molecule has 5 nitrogen and oxygen atoms in total. The molecule has 0 fully saturated rings. The van der Waals surface area contributed by atoms with Crippen LogP contribution in [0.3, 0.4) is 0 Å². The monoisotopic (exact) mass is 301 g/mol. The molecule has 1 rings (SSSR count). The average molecular weight is 302 g/mol. The van der Waals surface area contributed by atoms with Crippen LogP contribution in [-0.4, -0.2) is 24.5 Å². The maximum Gasteiger partial charge on any atom is 0.276 e. The fourth-order valence-corrected chi connectivity index (χ4v) is 2.87. The highest BCUT2D eigenvalue weighted by Gasteiger charge is 2.30. The molecule has 20 heavy (non-hydrogen) atoms. The van der Waals surface area contributed by atoms with Crippen LogP contribution in [0.25, 0.3) is 0 Å². The third-order valence-electron chi connectivity index (χ3n) is 3.30. The maximum atomic E-state index is 11.3. The third kappa shape index (κ3) is 3.33. The van der Waals surface area contributed by atoms with Gasteiger partial charge >= 0.3 is 0 Å².